The van der Waals surface area contributed by atoms with E-state index in [9.17, 15) is 22.7 Å². The minimum absolute atomic E-state index is 0.190. The molecule has 8 heteroatoms. The minimum Gasteiger partial charge on any atom is -0.496 e. The molecule has 3 N–H and O–H groups in total. The maximum Gasteiger partial charge on any atom is 0.422 e. The highest BCUT2D eigenvalue weighted by molar-refractivity contribution is 6.31. The van der Waals surface area contributed by atoms with Gasteiger partial charge in [-0.25, -0.2) is 4.39 Å². The molecule has 3 nitrogen and oxygen atoms in total. The molecule has 2 rings (SSSR count). The average Bonchev–Trinajstić information content (AvgIpc) is 2.55. The third-order valence-electron chi connectivity index (χ3n) is 3.67. The van der Waals surface area contributed by atoms with Gasteiger partial charge in [-0.15, -0.1) is 0 Å². The second kappa shape index (κ2) is 6.58. The lowest BCUT2D eigenvalue weighted by atomic mass is 9.90. The number of alkyl halides is 3. The maximum atomic E-state index is 13.3. The molecule has 0 fully saturated rings. The number of rotatable bonds is 4. The van der Waals surface area contributed by atoms with Crippen LogP contribution >= 0.6 is 11.6 Å². The number of nitrogens with two attached hydrogens (primary N) is 1. The Morgan fingerprint density at radius 1 is 1.17 bits per heavy atom. The summed E-state index contributed by atoms with van der Waals surface area (Å²) in [5.41, 5.74) is 2.05. The van der Waals surface area contributed by atoms with Gasteiger partial charge < -0.3 is 15.6 Å². The van der Waals surface area contributed by atoms with Gasteiger partial charge in [-0.3, -0.25) is 0 Å². The fourth-order valence-electron chi connectivity index (χ4n) is 2.25. The van der Waals surface area contributed by atoms with Crippen molar-refractivity contribution in [2.75, 3.05) is 13.7 Å². The first-order valence-corrected chi connectivity index (χ1v) is 7.15. The van der Waals surface area contributed by atoms with Crippen LogP contribution in [0.25, 0.3) is 11.1 Å². The van der Waals surface area contributed by atoms with Crippen LogP contribution in [0.1, 0.15) is 5.56 Å². The topological polar surface area (TPSA) is 55.5 Å². The molecule has 0 bridgehead atoms. The van der Waals surface area contributed by atoms with Gasteiger partial charge in [0.25, 0.3) is 0 Å². The van der Waals surface area contributed by atoms with E-state index in [0.29, 0.717) is 5.56 Å². The summed E-state index contributed by atoms with van der Waals surface area (Å²) in [6, 6.07) is 7.14. The number of halogens is 5. The fraction of sp³-hybridized carbons (Fsp3) is 0.250. The first-order valence-electron chi connectivity index (χ1n) is 6.77. The van der Waals surface area contributed by atoms with Gasteiger partial charge >= 0.3 is 6.18 Å². The van der Waals surface area contributed by atoms with Crippen LogP contribution in [-0.4, -0.2) is 24.9 Å². The van der Waals surface area contributed by atoms with Crippen molar-refractivity contribution in [2.45, 2.75) is 11.8 Å². The average molecular weight is 364 g/mol. The molecule has 0 radical (unpaired) electrons. The molecule has 0 saturated carbocycles. The lowest BCUT2D eigenvalue weighted by Crippen LogP contribution is -2.48. The summed E-state index contributed by atoms with van der Waals surface area (Å²) in [6.07, 6.45) is -4.96. The zero-order chi connectivity index (χ0) is 18.1. The number of methoxy groups -OCH3 is 1. The van der Waals surface area contributed by atoms with Gasteiger partial charge in [0.1, 0.15) is 11.6 Å². The number of benzene rings is 2. The van der Waals surface area contributed by atoms with Gasteiger partial charge in [0.2, 0.25) is 0 Å². The maximum absolute atomic E-state index is 13.3. The van der Waals surface area contributed by atoms with Crippen molar-refractivity contribution in [3.05, 3.63) is 52.8 Å². The van der Waals surface area contributed by atoms with Crippen molar-refractivity contribution in [3.8, 4) is 16.9 Å². The van der Waals surface area contributed by atoms with Gasteiger partial charge in [0.15, 0.2) is 5.60 Å². The fourth-order valence-corrected chi connectivity index (χ4v) is 2.43. The smallest absolute Gasteiger partial charge is 0.422 e. The van der Waals surface area contributed by atoms with Crippen LogP contribution in [0.15, 0.2) is 36.4 Å². The van der Waals surface area contributed by atoms with E-state index in [2.05, 4.69) is 0 Å². The van der Waals surface area contributed by atoms with Crippen molar-refractivity contribution in [3.63, 3.8) is 0 Å². The van der Waals surface area contributed by atoms with Crippen molar-refractivity contribution in [1.29, 1.82) is 0 Å². The van der Waals surface area contributed by atoms with Crippen LogP contribution in [0, 0.1) is 5.82 Å². The van der Waals surface area contributed by atoms with E-state index in [1.165, 1.54) is 25.3 Å². The summed E-state index contributed by atoms with van der Waals surface area (Å²) < 4.78 is 58.0. The predicted octanol–water partition coefficient (Wildman–Crippen LogP) is 3.86. The predicted molar refractivity (Wildman–Crippen MR) is 82.4 cm³/mol. The van der Waals surface area contributed by atoms with Crippen molar-refractivity contribution < 1.29 is 27.4 Å². The SMILES string of the molecule is COc1ccc(C(O)(CN)C(F)(F)F)cc1-c1ccc(F)c(Cl)c1. The van der Waals surface area contributed by atoms with E-state index in [1.807, 2.05) is 0 Å². The molecule has 1 atom stereocenters. The van der Waals surface area contributed by atoms with Crippen LogP contribution in [-0.2, 0) is 5.60 Å². The molecular weight excluding hydrogens is 350 g/mol. The number of hydrogen-bond donors (Lipinski definition) is 2. The molecule has 2 aromatic rings. The highest BCUT2D eigenvalue weighted by Gasteiger charge is 2.54. The van der Waals surface area contributed by atoms with Crippen LogP contribution in [0.4, 0.5) is 17.6 Å². The molecule has 24 heavy (non-hydrogen) atoms. The van der Waals surface area contributed by atoms with Gasteiger partial charge in [0, 0.05) is 12.1 Å². The molecule has 1 unspecified atom stereocenters. The van der Waals surface area contributed by atoms with Crippen LogP contribution in [0.3, 0.4) is 0 Å². The summed E-state index contributed by atoms with van der Waals surface area (Å²) in [4.78, 5) is 0. The number of hydrogen-bond acceptors (Lipinski definition) is 3. The second-order valence-corrected chi connectivity index (χ2v) is 5.51. The Labute approximate surface area is 140 Å². The summed E-state index contributed by atoms with van der Waals surface area (Å²) >= 11 is 5.72. The third kappa shape index (κ3) is 3.19. The van der Waals surface area contributed by atoms with Crippen LogP contribution in [0.5, 0.6) is 5.75 Å². The van der Waals surface area contributed by atoms with E-state index in [1.54, 1.807) is 0 Å². The highest BCUT2D eigenvalue weighted by atomic mass is 35.5. The van der Waals surface area contributed by atoms with Crippen LogP contribution in [0.2, 0.25) is 5.02 Å². The van der Waals surface area contributed by atoms with Gasteiger partial charge in [-0.2, -0.15) is 13.2 Å². The molecule has 0 aromatic heterocycles. The first-order chi connectivity index (χ1) is 11.1. The van der Waals surface area contributed by atoms with E-state index in [-0.39, 0.29) is 16.3 Å². The molecule has 0 aliphatic rings. The van der Waals surface area contributed by atoms with Crippen molar-refractivity contribution in [2.24, 2.45) is 5.73 Å². The normalized spacial score (nSPS) is 14.3. The Morgan fingerprint density at radius 2 is 1.83 bits per heavy atom. The molecule has 2 aromatic carbocycles. The Morgan fingerprint density at radius 3 is 2.33 bits per heavy atom. The zero-order valence-corrected chi connectivity index (χ0v) is 13.2. The second-order valence-electron chi connectivity index (χ2n) is 5.11. The van der Waals surface area contributed by atoms with Gasteiger partial charge in [-0.05, 0) is 35.4 Å². The summed E-state index contributed by atoms with van der Waals surface area (Å²) in [5.74, 6) is -0.424. The number of aliphatic hydroxyl groups is 1. The monoisotopic (exact) mass is 363 g/mol. The first kappa shape index (κ1) is 18.5. The van der Waals surface area contributed by atoms with E-state index >= 15 is 0 Å². The lowest BCUT2D eigenvalue weighted by molar-refractivity contribution is -0.262. The largest absolute Gasteiger partial charge is 0.496 e. The van der Waals surface area contributed by atoms with E-state index in [4.69, 9.17) is 22.1 Å². The Bertz CT molecular complexity index is 751. The van der Waals surface area contributed by atoms with Gasteiger partial charge in [-0.1, -0.05) is 23.7 Å². The molecular formula is C16H14ClF4NO2. The third-order valence-corrected chi connectivity index (χ3v) is 3.96. The zero-order valence-electron chi connectivity index (χ0n) is 12.5. The minimum atomic E-state index is -4.96. The molecule has 0 heterocycles. The standard InChI is InChI=1S/C16H14ClF4NO2/c1-24-14-5-3-10(15(23,8-22)16(19,20)21)7-11(14)9-2-4-13(18)12(17)6-9/h2-7,23H,8,22H2,1H3. The Kier molecular flexibility index (Phi) is 5.08. The molecule has 0 amide bonds. The molecule has 0 aliphatic heterocycles. The summed E-state index contributed by atoms with van der Waals surface area (Å²) in [5, 5.41) is 9.79. The summed E-state index contributed by atoms with van der Waals surface area (Å²) in [6.45, 7) is -1.05. The Balaban J connectivity index is 2.66. The quantitative estimate of drug-likeness (QED) is 0.811. The summed E-state index contributed by atoms with van der Waals surface area (Å²) in [7, 11) is 1.34. The molecule has 0 aliphatic carbocycles. The lowest BCUT2D eigenvalue weighted by Gasteiger charge is -2.30. The van der Waals surface area contributed by atoms with Crippen molar-refractivity contribution >= 4 is 11.6 Å². The van der Waals surface area contributed by atoms with Crippen LogP contribution < -0.4 is 10.5 Å². The molecule has 130 valence electrons. The molecule has 0 spiro atoms. The number of ether oxygens (including phenoxy) is 1. The van der Waals surface area contributed by atoms with Crippen molar-refractivity contribution in [1.82, 2.24) is 0 Å². The highest BCUT2D eigenvalue weighted by Crippen LogP contribution is 2.41. The van der Waals surface area contributed by atoms with Gasteiger partial charge in [0.05, 0.1) is 12.1 Å². The molecule has 0 saturated heterocycles. The Hall–Kier alpha value is -1.83. The van der Waals surface area contributed by atoms with E-state index in [0.717, 1.165) is 18.2 Å². The van der Waals surface area contributed by atoms with E-state index < -0.39 is 29.7 Å².